The van der Waals surface area contributed by atoms with Crippen molar-refractivity contribution in [3.63, 3.8) is 0 Å². The number of aryl methyl sites for hydroxylation is 1. The topological polar surface area (TPSA) is 76.4 Å². The van der Waals surface area contributed by atoms with Crippen LogP contribution < -0.4 is 0 Å². The van der Waals surface area contributed by atoms with Crippen molar-refractivity contribution in [2.75, 3.05) is 6.26 Å². The number of nitrogens with zero attached hydrogens (tertiary/aromatic N) is 1. The minimum Gasteiger partial charge on any atom is -0.481 e. The van der Waals surface area contributed by atoms with Crippen LogP contribution in [0.25, 0.3) is 10.9 Å². The lowest BCUT2D eigenvalue weighted by atomic mass is 9.84. The van der Waals surface area contributed by atoms with Gasteiger partial charge in [-0.25, -0.2) is 12.8 Å². The van der Waals surface area contributed by atoms with Crippen molar-refractivity contribution in [3.8, 4) is 0 Å². The highest BCUT2D eigenvalue weighted by Gasteiger charge is 2.33. The van der Waals surface area contributed by atoms with Crippen LogP contribution in [0.4, 0.5) is 4.39 Å². The molecule has 1 unspecified atom stereocenters. The molecule has 0 fully saturated rings. The van der Waals surface area contributed by atoms with Gasteiger partial charge in [0.15, 0.2) is 9.84 Å². The van der Waals surface area contributed by atoms with Crippen LogP contribution in [0.3, 0.4) is 0 Å². The second-order valence-corrected chi connectivity index (χ2v) is 10.6. The van der Waals surface area contributed by atoms with Gasteiger partial charge in [-0.2, -0.15) is 0 Å². The number of aromatic nitrogens is 1. The molecule has 31 heavy (non-hydrogen) atoms. The predicted octanol–water partition coefficient (Wildman–Crippen LogP) is 5.34. The molecule has 3 aromatic rings. The summed E-state index contributed by atoms with van der Waals surface area (Å²) >= 11 is 6.04. The van der Waals surface area contributed by atoms with E-state index in [4.69, 9.17) is 11.6 Å². The van der Waals surface area contributed by atoms with Crippen LogP contribution in [-0.2, 0) is 21.1 Å². The van der Waals surface area contributed by atoms with E-state index < -0.39 is 21.6 Å². The van der Waals surface area contributed by atoms with Gasteiger partial charge in [-0.15, -0.1) is 0 Å². The second kappa shape index (κ2) is 7.95. The van der Waals surface area contributed by atoms with Crippen molar-refractivity contribution in [1.29, 1.82) is 0 Å². The average molecular weight is 464 g/mol. The molecule has 1 aromatic heterocycles. The molecule has 2 aromatic carbocycles. The number of hydrogen-bond donors (Lipinski definition) is 1. The van der Waals surface area contributed by atoms with Crippen LogP contribution in [0.2, 0.25) is 5.02 Å². The summed E-state index contributed by atoms with van der Waals surface area (Å²) in [5, 5.41) is 10.6. The quantitative estimate of drug-likeness (QED) is 0.554. The minimum absolute atomic E-state index is 0.0622. The van der Waals surface area contributed by atoms with E-state index in [1.807, 2.05) is 23.6 Å². The summed E-state index contributed by atoms with van der Waals surface area (Å²) < 4.78 is 41.7. The first-order valence-corrected chi connectivity index (χ1v) is 12.4. The van der Waals surface area contributed by atoms with Crippen molar-refractivity contribution >= 4 is 38.3 Å². The van der Waals surface area contributed by atoms with Crippen LogP contribution >= 0.6 is 11.6 Å². The number of hydrogen-bond acceptors (Lipinski definition) is 3. The standard InChI is InChI=1S/C23H23ClFNO4S/c1-13(14-6-8-16(24)9-7-14)26-22-15(10-21(27)28)4-3-5-18(22)19-11-17(25)12-20(23(19)26)31(2,29)30/h6-9,11-13,15H,3-5,10H2,1-2H3,(H,27,28)/t13-,15?/m0/s1. The fourth-order valence-corrected chi connectivity index (χ4v) is 5.82. The normalized spacial score (nSPS) is 17.5. The molecule has 0 saturated carbocycles. The number of carboxylic acid groups (broad SMARTS) is 1. The first-order valence-electron chi connectivity index (χ1n) is 10.1. The van der Waals surface area contributed by atoms with Gasteiger partial charge in [0, 0.05) is 28.3 Å². The highest BCUT2D eigenvalue weighted by molar-refractivity contribution is 7.91. The molecule has 1 N–H and O–H groups in total. The SMILES string of the molecule is C[C@@H](c1ccc(Cl)cc1)n1c2c(c3cc(F)cc(S(C)(=O)=O)c31)CCCC2CC(=O)O. The van der Waals surface area contributed by atoms with E-state index in [0.29, 0.717) is 28.8 Å². The van der Waals surface area contributed by atoms with Crippen LogP contribution in [-0.4, -0.2) is 30.3 Å². The van der Waals surface area contributed by atoms with Crippen molar-refractivity contribution in [1.82, 2.24) is 4.57 Å². The van der Waals surface area contributed by atoms with E-state index in [1.165, 1.54) is 6.07 Å². The molecule has 1 heterocycles. The Morgan fingerprint density at radius 2 is 1.97 bits per heavy atom. The number of benzene rings is 2. The summed E-state index contributed by atoms with van der Waals surface area (Å²) in [7, 11) is -3.74. The maximum Gasteiger partial charge on any atom is 0.304 e. The van der Waals surface area contributed by atoms with E-state index in [0.717, 1.165) is 35.6 Å². The van der Waals surface area contributed by atoms with Gasteiger partial charge < -0.3 is 9.67 Å². The molecular weight excluding hydrogens is 441 g/mol. The summed E-state index contributed by atoms with van der Waals surface area (Å²) in [5.41, 5.74) is 2.97. The van der Waals surface area contributed by atoms with Gasteiger partial charge in [-0.3, -0.25) is 4.79 Å². The summed E-state index contributed by atoms with van der Waals surface area (Å²) in [4.78, 5) is 11.5. The summed E-state index contributed by atoms with van der Waals surface area (Å²) in [6.07, 6.45) is 3.10. The maximum atomic E-state index is 14.5. The van der Waals surface area contributed by atoms with Crippen LogP contribution in [0.15, 0.2) is 41.3 Å². The average Bonchev–Trinajstić information content (AvgIpc) is 3.01. The van der Waals surface area contributed by atoms with Gasteiger partial charge in [0.1, 0.15) is 5.82 Å². The zero-order valence-corrected chi connectivity index (χ0v) is 18.8. The lowest BCUT2D eigenvalue weighted by Crippen LogP contribution is -2.20. The monoisotopic (exact) mass is 463 g/mol. The number of carbonyl (C=O) groups is 1. The Hall–Kier alpha value is -2.38. The third kappa shape index (κ3) is 3.96. The smallest absolute Gasteiger partial charge is 0.304 e. The molecule has 1 aliphatic carbocycles. The van der Waals surface area contributed by atoms with E-state index in [1.54, 1.807) is 12.1 Å². The van der Waals surface area contributed by atoms with E-state index in [9.17, 15) is 22.7 Å². The molecule has 0 radical (unpaired) electrons. The van der Waals surface area contributed by atoms with Gasteiger partial charge in [-0.1, -0.05) is 23.7 Å². The van der Waals surface area contributed by atoms with Gasteiger partial charge in [0.25, 0.3) is 0 Å². The van der Waals surface area contributed by atoms with Crippen molar-refractivity contribution in [2.24, 2.45) is 0 Å². The Labute approximate surface area is 185 Å². The number of rotatable bonds is 5. The van der Waals surface area contributed by atoms with Crippen molar-refractivity contribution < 1.29 is 22.7 Å². The molecule has 0 aliphatic heterocycles. The minimum atomic E-state index is -3.74. The first kappa shape index (κ1) is 21.8. The van der Waals surface area contributed by atoms with E-state index >= 15 is 0 Å². The zero-order valence-electron chi connectivity index (χ0n) is 17.2. The Morgan fingerprint density at radius 3 is 2.58 bits per heavy atom. The Bertz CT molecular complexity index is 1280. The van der Waals surface area contributed by atoms with Crippen molar-refractivity contribution in [3.05, 3.63) is 64.1 Å². The number of aliphatic carboxylic acids is 1. The van der Waals surface area contributed by atoms with Crippen LogP contribution in [0, 0.1) is 5.82 Å². The third-order valence-corrected chi connectivity index (χ3v) is 7.46. The molecule has 0 saturated heterocycles. The summed E-state index contributed by atoms with van der Waals surface area (Å²) in [6.45, 7) is 1.94. The first-order chi connectivity index (χ1) is 14.6. The lowest BCUT2D eigenvalue weighted by molar-refractivity contribution is -0.137. The number of sulfone groups is 1. The molecule has 4 rings (SSSR count). The largest absolute Gasteiger partial charge is 0.481 e. The Kier molecular flexibility index (Phi) is 5.60. The van der Waals surface area contributed by atoms with Crippen LogP contribution in [0.1, 0.15) is 55.0 Å². The van der Waals surface area contributed by atoms with Gasteiger partial charge in [0.05, 0.1) is 22.9 Å². The molecule has 1 aliphatic rings. The van der Waals surface area contributed by atoms with Gasteiger partial charge in [0.2, 0.25) is 0 Å². The van der Waals surface area contributed by atoms with Gasteiger partial charge in [-0.05, 0) is 61.6 Å². The number of fused-ring (bicyclic) bond motifs is 3. The zero-order chi connectivity index (χ0) is 22.5. The highest BCUT2D eigenvalue weighted by atomic mass is 35.5. The lowest BCUT2D eigenvalue weighted by Gasteiger charge is -2.28. The van der Waals surface area contributed by atoms with Gasteiger partial charge >= 0.3 is 5.97 Å². The Balaban J connectivity index is 2.10. The fraction of sp³-hybridized carbons (Fsp3) is 0.348. The second-order valence-electron chi connectivity index (χ2n) is 8.22. The highest BCUT2D eigenvalue weighted by Crippen LogP contribution is 2.44. The fourth-order valence-electron chi connectivity index (χ4n) is 4.81. The van der Waals surface area contributed by atoms with E-state index in [-0.39, 0.29) is 23.3 Å². The maximum absolute atomic E-state index is 14.5. The molecule has 0 spiro atoms. The summed E-state index contributed by atoms with van der Waals surface area (Å²) in [6, 6.07) is 9.38. The predicted molar refractivity (Wildman–Crippen MR) is 118 cm³/mol. The third-order valence-electron chi connectivity index (χ3n) is 6.10. The number of carboxylic acids is 1. The van der Waals surface area contributed by atoms with E-state index in [2.05, 4.69) is 0 Å². The van der Waals surface area contributed by atoms with Crippen molar-refractivity contribution in [2.45, 2.75) is 49.5 Å². The molecule has 2 atom stereocenters. The molecule has 5 nitrogen and oxygen atoms in total. The molecular formula is C23H23ClFNO4S. The van der Waals surface area contributed by atoms with Crippen LogP contribution in [0.5, 0.6) is 0 Å². The Morgan fingerprint density at radius 1 is 1.29 bits per heavy atom. The molecule has 164 valence electrons. The number of halogens is 2. The molecule has 8 heteroatoms. The summed E-state index contributed by atoms with van der Waals surface area (Å²) in [5.74, 6) is -1.81. The molecule has 0 bridgehead atoms. The molecule has 0 amide bonds.